The summed E-state index contributed by atoms with van der Waals surface area (Å²) in [6, 6.07) is 1.99. The van der Waals surface area contributed by atoms with Crippen LogP contribution in [0.15, 0.2) is 17.9 Å². The van der Waals surface area contributed by atoms with Gasteiger partial charge in [-0.1, -0.05) is 0 Å². The van der Waals surface area contributed by atoms with Crippen molar-refractivity contribution in [3.63, 3.8) is 0 Å². The summed E-state index contributed by atoms with van der Waals surface area (Å²) < 4.78 is 0. The van der Waals surface area contributed by atoms with E-state index in [1.807, 2.05) is 6.07 Å². The summed E-state index contributed by atoms with van der Waals surface area (Å²) in [5.41, 5.74) is 0.469. The Morgan fingerprint density at radius 2 is 2.57 bits per heavy atom. The highest BCUT2D eigenvalue weighted by atomic mass is 32.1. The van der Waals surface area contributed by atoms with Crippen LogP contribution >= 0.6 is 11.3 Å². The summed E-state index contributed by atoms with van der Waals surface area (Å²) >= 11 is 1.47. The van der Waals surface area contributed by atoms with E-state index >= 15 is 0 Å². The molecule has 2 heterocycles. The summed E-state index contributed by atoms with van der Waals surface area (Å²) in [6.45, 7) is 0.606. The number of nitrogens with zero attached hydrogens (tertiary/aromatic N) is 3. The Labute approximate surface area is 84.4 Å². The van der Waals surface area contributed by atoms with E-state index in [4.69, 9.17) is 5.26 Å². The van der Waals surface area contributed by atoms with Crippen molar-refractivity contribution in [2.24, 2.45) is 0 Å². The van der Waals surface area contributed by atoms with Crippen molar-refractivity contribution < 1.29 is 0 Å². The zero-order valence-corrected chi connectivity index (χ0v) is 8.01. The van der Waals surface area contributed by atoms with Gasteiger partial charge < -0.3 is 10.3 Å². The van der Waals surface area contributed by atoms with Gasteiger partial charge in [0.2, 0.25) is 0 Å². The summed E-state index contributed by atoms with van der Waals surface area (Å²) in [6.07, 6.45) is 3.30. The molecule has 0 atom stereocenters. The molecule has 0 fully saturated rings. The third-order valence-electron chi connectivity index (χ3n) is 1.59. The maximum absolute atomic E-state index is 8.56. The fourth-order valence-electron chi connectivity index (χ4n) is 0.967. The third kappa shape index (κ3) is 1.89. The highest BCUT2D eigenvalue weighted by Crippen LogP contribution is 2.10. The van der Waals surface area contributed by atoms with E-state index in [9.17, 15) is 0 Å². The zero-order valence-electron chi connectivity index (χ0n) is 7.19. The van der Waals surface area contributed by atoms with Gasteiger partial charge in [-0.05, 0) is 0 Å². The summed E-state index contributed by atoms with van der Waals surface area (Å²) in [5, 5.41) is 14.3. The molecule has 0 radical (unpaired) electrons. The molecule has 2 N–H and O–H groups in total. The van der Waals surface area contributed by atoms with Gasteiger partial charge in [0.05, 0.1) is 19.1 Å². The molecule has 0 aromatic carbocycles. The summed E-state index contributed by atoms with van der Waals surface area (Å²) in [7, 11) is 0. The van der Waals surface area contributed by atoms with Gasteiger partial charge in [-0.25, -0.2) is 9.97 Å². The van der Waals surface area contributed by atoms with Crippen LogP contribution in [0.1, 0.15) is 10.7 Å². The molecule has 0 aliphatic heterocycles. The molecular weight excluding hydrogens is 198 g/mol. The van der Waals surface area contributed by atoms with Crippen LogP contribution in [-0.2, 0) is 6.54 Å². The fraction of sp³-hybridized carbons (Fsp3) is 0.125. The molecule has 5 nitrogen and oxygen atoms in total. The fourth-order valence-corrected chi connectivity index (χ4v) is 1.63. The Kier molecular flexibility index (Phi) is 2.42. The van der Waals surface area contributed by atoms with E-state index in [1.54, 1.807) is 17.9 Å². The number of H-pyrrole nitrogens is 1. The zero-order chi connectivity index (χ0) is 9.80. The van der Waals surface area contributed by atoms with Crippen molar-refractivity contribution in [1.82, 2.24) is 15.0 Å². The topological polar surface area (TPSA) is 77.4 Å². The van der Waals surface area contributed by atoms with Crippen LogP contribution in [0.4, 0.5) is 5.82 Å². The number of nitrogens with one attached hydrogen (secondary N) is 2. The largest absolute Gasteiger partial charge is 0.364 e. The maximum Gasteiger partial charge on any atom is 0.151 e. The Balaban J connectivity index is 1.96. The van der Waals surface area contributed by atoms with Crippen LogP contribution in [0.5, 0.6) is 0 Å². The molecular formula is C8H7N5S. The number of anilines is 1. The van der Waals surface area contributed by atoms with Gasteiger partial charge in [-0.2, -0.15) is 5.26 Å². The van der Waals surface area contributed by atoms with Crippen LogP contribution in [0.2, 0.25) is 0 Å². The van der Waals surface area contributed by atoms with Crippen molar-refractivity contribution in [3.05, 3.63) is 28.6 Å². The maximum atomic E-state index is 8.56. The number of thiazole rings is 1. The normalized spacial score (nSPS) is 9.64. The minimum absolute atomic E-state index is 0.469. The Morgan fingerprint density at radius 1 is 1.64 bits per heavy atom. The van der Waals surface area contributed by atoms with Gasteiger partial charge >= 0.3 is 0 Å². The molecule has 0 aliphatic rings. The molecule has 2 rings (SSSR count). The summed E-state index contributed by atoms with van der Waals surface area (Å²) in [5.74, 6) is 0.846. The lowest BCUT2D eigenvalue weighted by Crippen LogP contribution is -1.98. The number of imidazole rings is 1. The molecule has 0 saturated heterocycles. The highest BCUT2D eigenvalue weighted by molar-refractivity contribution is 7.09. The first-order valence-electron chi connectivity index (χ1n) is 3.95. The van der Waals surface area contributed by atoms with Crippen LogP contribution in [0.3, 0.4) is 0 Å². The number of hydrogen-bond acceptors (Lipinski definition) is 5. The minimum atomic E-state index is 0.469. The SMILES string of the molecule is N#Cc1csc(CNc2cnc[nH]2)n1. The van der Waals surface area contributed by atoms with Gasteiger partial charge in [0.1, 0.15) is 16.9 Å². The quantitative estimate of drug-likeness (QED) is 0.792. The average Bonchev–Trinajstić information content (AvgIpc) is 2.86. The van der Waals surface area contributed by atoms with E-state index in [1.165, 1.54) is 11.3 Å². The predicted octanol–water partition coefficient (Wildman–Crippen LogP) is 1.35. The first-order valence-corrected chi connectivity index (χ1v) is 4.83. The number of nitriles is 1. The smallest absolute Gasteiger partial charge is 0.151 e. The van der Waals surface area contributed by atoms with E-state index in [0.29, 0.717) is 12.2 Å². The summed E-state index contributed by atoms with van der Waals surface area (Å²) in [4.78, 5) is 10.9. The molecule has 70 valence electrons. The molecule has 14 heavy (non-hydrogen) atoms. The predicted molar refractivity (Wildman–Crippen MR) is 52.7 cm³/mol. The first kappa shape index (κ1) is 8.72. The molecule has 2 aromatic heterocycles. The molecule has 0 saturated carbocycles. The van der Waals surface area contributed by atoms with E-state index < -0.39 is 0 Å². The first-order chi connectivity index (χ1) is 6.88. The molecule has 0 spiro atoms. The monoisotopic (exact) mass is 205 g/mol. The van der Waals surface area contributed by atoms with E-state index in [2.05, 4.69) is 20.3 Å². The van der Waals surface area contributed by atoms with Crippen molar-refractivity contribution >= 4 is 17.2 Å². The van der Waals surface area contributed by atoms with Crippen LogP contribution in [0, 0.1) is 11.3 Å². The third-order valence-corrected chi connectivity index (χ3v) is 2.44. The van der Waals surface area contributed by atoms with Gasteiger partial charge in [0.25, 0.3) is 0 Å². The Morgan fingerprint density at radius 3 is 3.21 bits per heavy atom. The van der Waals surface area contributed by atoms with Crippen molar-refractivity contribution in [1.29, 1.82) is 5.26 Å². The van der Waals surface area contributed by atoms with Crippen LogP contribution < -0.4 is 5.32 Å². The molecule has 0 unspecified atom stereocenters. The standard InChI is InChI=1S/C8H7N5S/c9-1-6-4-14-8(13-6)3-11-7-2-10-5-12-7/h2,4-5,11H,3H2,(H,10,12). The second-order valence-electron chi connectivity index (χ2n) is 2.56. The minimum Gasteiger partial charge on any atom is -0.364 e. The number of rotatable bonds is 3. The van der Waals surface area contributed by atoms with Gasteiger partial charge in [-0.15, -0.1) is 11.3 Å². The van der Waals surface area contributed by atoms with E-state index in [0.717, 1.165) is 10.8 Å². The molecule has 0 aliphatic carbocycles. The Hall–Kier alpha value is -1.87. The van der Waals surface area contributed by atoms with Crippen LogP contribution in [0.25, 0.3) is 0 Å². The lowest BCUT2D eigenvalue weighted by molar-refractivity contribution is 1.08. The second kappa shape index (κ2) is 3.89. The van der Waals surface area contributed by atoms with Crippen molar-refractivity contribution in [2.75, 3.05) is 5.32 Å². The van der Waals surface area contributed by atoms with E-state index in [-0.39, 0.29) is 0 Å². The molecule has 6 heteroatoms. The number of hydrogen-bond donors (Lipinski definition) is 2. The average molecular weight is 205 g/mol. The lowest BCUT2D eigenvalue weighted by Gasteiger charge is -1.98. The number of aromatic nitrogens is 3. The number of aromatic amines is 1. The van der Waals surface area contributed by atoms with Crippen molar-refractivity contribution in [2.45, 2.75) is 6.54 Å². The van der Waals surface area contributed by atoms with Gasteiger partial charge in [0.15, 0.2) is 5.69 Å². The molecule has 2 aromatic rings. The van der Waals surface area contributed by atoms with Crippen molar-refractivity contribution in [3.8, 4) is 6.07 Å². The molecule has 0 amide bonds. The van der Waals surface area contributed by atoms with Gasteiger partial charge in [0, 0.05) is 5.38 Å². The highest BCUT2D eigenvalue weighted by Gasteiger charge is 2.00. The van der Waals surface area contributed by atoms with Gasteiger partial charge in [-0.3, -0.25) is 0 Å². The second-order valence-corrected chi connectivity index (χ2v) is 3.50. The molecule has 0 bridgehead atoms. The van der Waals surface area contributed by atoms with Crippen LogP contribution in [-0.4, -0.2) is 15.0 Å². The Bertz CT molecular complexity index is 438. The lowest BCUT2D eigenvalue weighted by atomic mass is 10.5.